The van der Waals surface area contributed by atoms with E-state index in [1.165, 1.54) is 12.1 Å². The van der Waals surface area contributed by atoms with E-state index in [-0.39, 0.29) is 17.2 Å². The van der Waals surface area contributed by atoms with Crippen LogP contribution in [0.5, 0.6) is 0 Å². The van der Waals surface area contributed by atoms with Crippen molar-refractivity contribution in [1.82, 2.24) is 0 Å². The van der Waals surface area contributed by atoms with Gasteiger partial charge in [-0.3, -0.25) is 25.0 Å². The van der Waals surface area contributed by atoms with E-state index >= 15 is 0 Å². The molecule has 0 aromatic heterocycles. The molecule has 0 amide bonds. The fraction of sp³-hybridized carbons (Fsp3) is 0.150. The lowest BCUT2D eigenvalue weighted by molar-refractivity contribution is -0.385. The number of rotatable bonds is 4. The Balaban J connectivity index is 1.98. The second kappa shape index (κ2) is 7.74. The number of nitro groups is 2. The van der Waals surface area contributed by atoms with Gasteiger partial charge in [0, 0.05) is 23.3 Å². The molecule has 1 saturated carbocycles. The highest BCUT2D eigenvalue weighted by molar-refractivity contribution is 6.14. The number of allylic oxidation sites excluding steroid dienone is 2. The van der Waals surface area contributed by atoms with Gasteiger partial charge < -0.3 is 0 Å². The van der Waals surface area contributed by atoms with E-state index in [1.54, 1.807) is 48.6 Å². The molecule has 0 heterocycles. The first-order valence-corrected chi connectivity index (χ1v) is 8.40. The molecule has 1 aliphatic rings. The average molecular weight is 364 g/mol. The number of Topliss-reactive ketones (excluding diaryl/α,β-unsaturated/α-hetero) is 1. The molecule has 3 rings (SSSR count). The maximum Gasteiger partial charge on any atom is 0.276 e. The number of nitrogens with zero attached hydrogens (tertiary/aromatic N) is 2. The molecule has 1 aliphatic carbocycles. The van der Waals surface area contributed by atoms with Gasteiger partial charge in [-0.2, -0.15) is 0 Å². The lowest BCUT2D eigenvalue weighted by atomic mass is 9.86. The van der Waals surface area contributed by atoms with Crippen LogP contribution in [0.15, 0.2) is 59.7 Å². The van der Waals surface area contributed by atoms with Crippen molar-refractivity contribution in [3.05, 3.63) is 91.0 Å². The highest BCUT2D eigenvalue weighted by Crippen LogP contribution is 2.31. The summed E-state index contributed by atoms with van der Waals surface area (Å²) in [5.41, 5.74) is 1.57. The number of ketones is 1. The van der Waals surface area contributed by atoms with Gasteiger partial charge in [-0.25, -0.2) is 0 Å². The van der Waals surface area contributed by atoms with Crippen LogP contribution in [-0.4, -0.2) is 15.6 Å². The highest BCUT2D eigenvalue weighted by atomic mass is 16.6. The quantitative estimate of drug-likeness (QED) is 0.443. The molecule has 1 fully saturated rings. The van der Waals surface area contributed by atoms with E-state index in [2.05, 4.69) is 0 Å². The third-order valence-electron chi connectivity index (χ3n) is 4.40. The summed E-state index contributed by atoms with van der Waals surface area (Å²) in [5.74, 6) is -0.224. The normalized spacial score (nSPS) is 17.3. The van der Waals surface area contributed by atoms with Crippen LogP contribution in [0.2, 0.25) is 0 Å². The van der Waals surface area contributed by atoms with E-state index < -0.39 is 9.85 Å². The van der Waals surface area contributed by atoms with E-state index in [4.69, 9.17) is 0 Å². The molecule has 0 bridgehead atoms. The van der Waals surface area contributed by atoms with Gasteiger partial charge in [0.05, 0.1) is 21.0 Å². The number of hydrogen-bond donors (Lipinski definition) is 0. The van der Waals surface area contributed by atoms with E-state index in [1.807, 2.05) is 0 Å². The topological polar surface area (TPSA) is 103 Å². The van der Waals surface area contributed by atoms with Crippen LogP contribution in [0.4, 0.5) is 11.4 Å². The minimum Gasteiger partial charge on any atom is -0.289 e. The second-order valence-electron chi connectivity index (χ2n) is 6.15. The molecular weight excluding hydrogens is 348 g/mol. The fourth-order valence-electron chi connectivity index (χ4n) is 3.11. The first kappa shape index (κ1) is 18.2. The third kappa shape index (κ3) is 3.98. The lowest BCUT2D eigenvalue weighted by Crippen LogP contribution is -2.12. The van der Waals surface area contributed by atoms with Gasteiger partial charge in [0.25, 0.3) is 11.4 Å². The van der Waals surface area contributed by atoms with Gasteiger partial charge in [0.1, 0.15) is 0 Å². The Kier molecular flexibility index (Phi) is 5.21. The maximum atomic E-state index is 12.8. The average Bonchev–Trinajstić information content (AvgIpc) is 2.65. The summed E-state index contributed by atoms with van der Waals surface area (Å²) in [7, 11) is 0. The number of para-hydroxylation sites is 2. The molecule has 2 aromatic carbocycles. The molecule has 0 N–H and O–H groups in total. The van der Waals surface area contributed by atoms with Crippen molar-refractivity contribution in [2.24, 2.45) is 0 Å². The summed E-state index contributed by atoms with van der Waals surface area (Å²) in [6.07, 6.45) is 4.82. The molecule has 27 heavy (non-hydrogen) atoms. The van der Waals surface area contributed by atoms with E-state index in [0.29, 0.717) is 41.5 Å². The van der Waals surface area contributed by atoms with Crippen molar-refractivity contribution in [2.75, 3.05) is 0 Å². The van der Waals surface area contributed by atoms with Crippen LogP contribution in [0.1, 0.15) is 30.4 Å². The Morgan fingerprint density at radius 1 is 0.741 bits per heavy atom. The summed E-state index contributed by atoms with van der Waals surface area (Å²) in [6.45, 7) is 0. The fourth-order valence-corrected chi connectivity index (χ4v) is 3.11. The van der Waals surface area contributed by atoms with Crippen molar-refractivity contribution in [1.29, 1.82) is 0 Å². The first-order chi connectivity index (χ1) is 13.0. The Hall–Kier alpha value is -3.61. The summed E-state index contributed by atoms with van der Waals surface area (Å²) in [6, 6.07) is 12.5. The molecule has 0 aliphatic heterocycles. The van der Waals surface area contributed by atoms with Crippen LogP contribution in [0.3, 0.4) is 0 Å². The minimum absolute atomic E-state index is 0.0624. The largest absolute Gasteiger partial charge is 0.289 e. The number of carbonyl (C=O) groups is 1. The Labute approximate surface area is 154 Å². The predicted molar refractivity (Wildman–Crippen MR) is 101 cm³/mol. The van der Waals surface area contributed by atoms with Crippen molar-refractivity contribution in [3.63, 3.8) is 0 Å². The Morgan fingerprint density at radius 3 is 1.56 bits per heavy atom. The van der Waals surface area contributed by atoms with Crippen LogP contribution in [0, 0.1) is 20.2 Å². The molecule has 7 heteroatoms. The molecule has 0 atom stereocenters. The molecule has 2 aromatic rings. The molecule has 7 nitrogen and oxygen atoms in total. The number of benzene rings is 2. The molecule has 0 saturated heterocycles. The summed E-state index contributed by atoms with van der Waals surface area (Å²) in [4.78, 5) is 34.2. The number of nitro benzene ring substituents is 2. The summed E-state index contributed by atoms with van der Waals surface area (Å²) >= 11 is 0. The minimum atomic E-state index is -0.482. The molecule has 136 valence electrons. The Morgan fingerprint density at radius 2 is 1.15 bits per heavy atom. The number of carbonyl (C=O) groups excluding carboxylic acids is 1. The Bertz CT molecular complexity index is 914. The zero-order chi connectivity index (χ0) is 19.4. The van der Waals surface area contributed by atoms with Gasteiger partial charge in [-0.05, 0) is 43.5 Å². The standard InChI is InChI=1S/C20H16N2O5/c23-20-16(12-14-6-1-3-10-18(14)21(24)25)8-5-9-17(20)13-15-7-2-4-11-19(15)22(26)27/h1-4,6-7,10-13H,5,8-9H2. The van der Waals surface area contributed by atoms with Gasteiger partial charge in [-0.1, -0.05) is 24.3 Å². The second-order valence-corrected chi connectivity index (χ2v) is 6.15. The SMILES string of the molecule is O=C1C(=Cc2ccccc2[N+](=O)[O-])CCCC1=Cc1ccccc1[N+](=O)[O-]. The molecular formula is C20H16N2O5. The predicted octanol–water partition coefficient (Wildman–Crippen LogP) is 4.72. The van der Waals surface area contributed by atoms with E-state index in [0.717, 1.165) is 0 Å². The van der Waals surface area contributed by atoms with Crippen LogP contribution in [0.25, 0.3) is 12.2 Å². The van der Waals surface area contributed by atoms with Gasteiger partial charge in [0.15, 0.2) is 5.78 Å². The third-order valence-corrected chi connectivity index (χ3v) is 4.40. The van der Waals surface area contributed by atoms with Crippen molar-refractivity contribution in [2.45, 2.75) is 19.3 Å². The lowest BCUT2D eigenvalue weighted by Gasteiger charge is -2.16. The zero-order valence-electron chi connectivity index (χ0n) is 14.3. The van der Waals surface area contributed by atoms with Crippen LogP contribution in [-0.2, 0) is 4.79 Å². The number of hydrogen-bond acceptors (Lipinski definition) is 5. The zero-order valence-corrected chi connectivity index (χ0v) is 14.3. The van der Waals surface area contributed by atoms with E-state index in [9.17, 15) is 25.0 Å². The molecule has 0 spiro atoms. The molecule has 0 radical (unpaired) electrons. The smallest absolute Gasteiger partial charge is 0.276 e. The van der Waals surface area contributed by atoms with Crippen molar-refractivity contribution < 1.29 is 14.6 Å². The maximum absolute atomic E-state index is 12.8. The summed E-state index contributed by atoms with van der Waals surface area (Å²) in [5, 5.41) is 22.3. The van der Waals surface area contributed by atoms with Crippen LogP contribution >= 0.6 is 0 Å². The molecule has 0 unspecified atom stereocenters. The first-order valence-electron chi connectivity index (χ1n) is 8.40. The summed E-state index contributed by atoms with van der Waals surface area (Å²) < 4.78 is 0. The van der Waals surface area contributed by atoms with Crippen molar-refractivity contribution >= 4 is 29.3 Å². The highest BCUT2D eigenvalue weighted by Gasteiger charge is 2.23. The van der Waals surface area contributed by atoms with Gasteiger partial charge in [0.2, 0.25) is 0 Å². The van der Waals surface area contributed by atoms with Crippen LogP contribution < -0.4 is 0 Å². The van der Waals surface area contributed by atoms with Gasteiger partial charge in [-0.15, -0.1) is 0 Å². The van der Waals surface area contributed by atoms with Gasteiger partial charge >= 0.3 is 0 Å². The monoisotopic (exact) mass is 364 g/mol. The van der Waals surface area contributed by atoms with Crippen molar-refractivity contribution in [3.8, 4) is 0 Å².